The minimum atomic E-state index is -0.0958. The van der Waals surface area contributed by atoms with Gasteiger partial charge in [-0.05, 0) is 18.2 Å². The maximum Gasteiger partial charge on any atom is 0.213 e. The second kappa shape index (κ2) is 5.74. The van der Waals surface area contributed by atoms with E-state index < -0.39 is 0 Å². The van der Waals surface area contributed by atoms with Gasteiger partial charge in [0.1, 0.15) is 18.3 Å². The second-order valence-electron chi connectivity index (χ2n) is 6.01. The van der Waals surface area contributed by atoms with Crippen molar-refractivity contribution in [1.82, 2.24) is 24.3 Å². The molecule has 1 aliphatic heterocycles. The molecule has 3 heterocycles. The Hall–Kier alpha value is -3.06. The lowest BCUT2D eigenvalue weighted by Gasteiger charge is -2.09. The third-order valence-corrected chi connectivity index (χ3v) is 4.98. The molecule has 4 aromatic rings. The Labute approximate surface area is 157 Å². The van der Waals surface area contributed by atoms with Crippen molar-refractivity contribution in [3.05, 3.63) is 82.6 Å². The van der Waals surface area contributed by atoms with Crippen LogP contribution in [0.4, 0.5) is 0 Å². The van der Waals surface area contributed by atoms with Crippen LogP contribution in [-0.2, 0) is 6.54 Å². The minimum absolute atomic E-state index is 0.0958. The van der Waals surface area contributed by atoms with Crippen molar-refractivity contribution < 1.29 is 4.79 Å². The van der Waals surface area contributed by atoms with Crippen molar-refractivity contribution in [2.24, 2.45) is 0 Å². The zero-order valence-corrected chi connectivity index (χ0v) is 15.1. The molecule has 0 aliphatic carbocycles. The largest absolute Gasteiger partial charge is 0.300 e. The smallest absolute Gasteiger partial charge is 0.213 e. The van der Waals surface area contributed by atoms with E-state index in [4.69, 9.17) is 0 Å². The zero-order chi connectivity index (χ0) is 17.7. The standard InChI is InChI=1S/C19H12BrN5O/c20-13-6-7-15-14(8-13)19-21-10-23-25(19)9-16-17(22-11-24(15)16)18(26)12-4-2-1-3-5-12/h1-8,10-11H,9H2. The van der Waals surface area contributed by atoms with Crippen molar-refractivity contribution >= 4 is 21.7 Å². The Morgan fingerprint density at radius 2 is 1.92 bits per heavy atom. The summed E-state index contributed by atoms with van der Waals surface area (Å²) in [5.41, 5.74) is 3.72. The van der Waals surface area contributed by atoms with Crippen LogP contribution in [0.25, 0.3) is 17.1 Å². The number of ketones is 1. The van der Waals surface area contributed by atoms with Crippen molar-refractivity contribution in [3.63, 3.8) is 0 Å². The van der Waals surface area contributed by atoms with Crippen LogP contribution in [-0.4, -0.2) is 30.1 Å². The van der Waals surface area contributed by atoms with Crippen LogP contribution < -0.4 is 0 Å². The summed E-state index contributed by atoms with van der Waals surface area (Å²) in [6, 6.07) is 15.2. The molecule has 0 radical (unpaired) electrons. The first kappa shape index (κ1) is 15.2. The number of carbonyl (C=O) groups excluding carboxylic acids is 1. The number of hydrogen-bond acceptors (Lipinski definition) is 4. The molecule has 0 unspecified atom stereocenters. The molecule has 0 saturated heterocycles. The molecule has 0 atom stereocenters. The van der Waals surface area contributed by atoms with E-state index in [-0.39, 0.29) is 5.78 Å². The first-order valence-electron chi connectivity index (χ1n) is 8.06. The van der Waals surface area contributed by atoms with Gasteiger partial charge in [0, 0.05) is 15.6 Å². The van der Waals surface area contributed by atoms with E-state index in [2.05, 4.69) is 31.0 Å². The van der Waals surface area contributed by atoms with Crippen molar-refractivity contribution in [1.29, 1.82) is 0 Å². The molecule has 26 heavy (non-hydrogen) atoms. The first-order valence-corrected chi connectivity index (χ1v) is 8.86. The number of imidazole rings is 1. The molecule has 1 aliphatic rings. The van der Waals surface area contributed by atoms with Crippen LogP contribution in [0.5, 0.6) is 0 Å². The van der Waals surface area contributed by atoms with Gasteiger partial charge in [0.15, 0.2) is 5.82 Å². The number of carbonyl (C=O) groups is 1. The molecule has 2 aromatic heterocycles. The predicted octanol–water partition coefficient (Wildman–Crippen LogP) is 3.49. The summed E-state index contributed by atoms with van der Waals surface area (Å²) in [6.45, 7) is 0.426. The molecule has 2 aromatic carbocycles. The lowest BCUT2D eigenvalue weighted by molar-refractivity contribution is 0.103. The van der Waals surface area contributed by atoms with Crippen molar-refractivity contribution in [2.75, 3.05) is 0 Å². The summed E-state index contributed by atoms with van der Waals surface area (Å²) in [5, 5.41) is 4.33. The molecule has 0 fully saturated rings. The fraction of sp³-hybridized carbons (Fsp3) is 0.0526. The third kappa shape index (κ3) is 2.24. The zero-order valence-electron chi connectivity index (χ0n) is 13.5. The highest BCUT2D eigenvalue weighted by Gasteiger charge is 2.26. The fourth-order valence-electron chi connectivity index (χ4n) is 3.28. The number of nitrogens with zero attached hydrogens (tertiary/aromatic N) is 5. The van der Waals surface area contributed by atoms with E-state index >= 15 is 0 Å². The molecule has 6 nitrogen and oxygen atoms in total. The Morgan fingerprint density at radius 3 is 2.77 bits per heavy atom. The number of aromatic nitrogens is 5. The normalized spacial score (nSPS) is 12.0. The quantitative estimate of drug-likeness (QED) is 0.421. The highest BCUT2D eigenvalue weighted by molar-refractivity contribution is 9.10. The van der Waals surface area contributed by atoms with E-state index in [0.717, 1.165) is 27.2 Å². The number of hydrogen-bond donors (Lipinski definition) is 0. The Bertz CT molecular complexity index is 1150. The molecule has 126 valence electrons. The van der Waals surface area contributed by atoms with E-state index in [1.54, 1.807) is 23.1 Å². The lowest BCUT2D eigenvalue weighted by atomic mass is 10.1. The van der Waals surface area contributed by atoms with E-state index in [1.807, 2.05) is 41.0 Å². The Kier molecular flexibility index (Phi) is 3.36. The van der Waals surface area contributed by atoms with E-state index in [9.17, 15) is 4.79 Å². The number of halogens is 1. The summed E-state index contributed by atoms with van der Waals surface area (Å²) in [5.74, 6) is 0.671. The summed E-state index contributed by atoms with van der Waals surface area (Å²) >= 11 is 3.52. The van der Waals surface area contributed by atoms with E-state index in [1.165, 1.54) is 6.33 Å². The maximum atomic E-state index is 13.0. The van der Waals surface area contributed by atoms with Crippen LogP contribution in [0.3, 0.4) is 0 Å². The molecule has 5 rings (SSSR count). The Balaban J connectivity index is 1.74. The molecule has 7 heteroatoms. The van der Waals surface area contributed by atoms with Gasteiger partial charge in [-0.3, -0.25) is 9.36 Å². The number of rotatable bonds is 2. The van der Waals surface area contributed by atoms with Crippen LogP contribution in [0.2, 0.25) is 0 Å². The van der Waals surface area contributed by atoms with Gasteiger partial charge in [-0.2, -0.15) is 5.10 Å². The fourth-order valence-corrected chi connectivity index (χ4v) is 3.64. The summed E-state index contributed by atoms with van der Waals surface area (Å²) in [6.07, 6.45) is 3.23. The Morgan fingerprint density at radius 1 is 1.08 bits per heavy atom. The highest BCUT2D eigenvalue weighted by atomic mass is 79.9. The molecule has 0 spiro atoms. The summed E-state index contributed by atoms with van der Waals surface area (Å²) < 4.78 is 4.71. The van der Waals surface area contributed by atoms with Crippen LogP contribution >= 0.6 is 15.9 Å². The topological polar surface area (TPSA) is 65.6 Å². The highest BCUT2D eigenvalue weighted by Crippen LogP contribution is 2.33. The van der Waals surface area contributed by atoms with Gasteiger partial charge in [0.2, 0.25) is 5.78 Å². The van der Waals surface area contributed by atoms with Gasteiger partial charge in [0.05, 0.1) is 17.9 Å². The molecule has 0 saturated carbocycles. The van der Waals surface area contributed by atoms with Crippen molar-refractivity contribution in [3.8, 4) is 17.1 Å². The number of fused-ring (bicyclic) bond motifs is 5. The van der Waals surface area contributed by atoms with Crippen LogP contribution in [0.15, 0.2) is 65.7 Å². The third-order valence-electron chi connectivity index (χ3n) is 4.49. The van der Waals surface area contributed by atoms with E-state index in [0.29, 0.717) is 17.8 Å². The molecule has 0 bridgehead atoms. The monoisotopic (exact) mass is 405 g/mol. The lowest BCUT2D eigenvalue weighted by Crippen LogP contribution is -2.11. The molecular formula is C19H12BrN5O. The van der Waals surface area contributed by atoms with Gasteiger partial charge in [-0.15, -0.1) is 0 Å². The van der Waals surface area contributed by atoms with Crippen LogP contribution in [0, 0.1) is 0 Å². The second-order valence-corrected chi connectivity index (χ2v) is 6.92. The SMILES string of the molecule is O=C(c1ccccc1)c1ncn2c1Cn1ncnc1-c1cc(Br)ccc1-2. The molecule has 0 amide bonds. The van der Waals surface area contributed by atoms with Gasteiger partial charge in [-0.25, -0.2) is 14.6 Å². The van der Waals surface area contributed by atoms with Gasteiger partial charge in [0.25, 0.3) is 0 Å². The van der Waals surface area contributed by atoms with Gasteiger partial charge < -0.3 is 0 Å². The van der Waals surface area contributed by atoms with Gasteiger partial charge >= 0.3 is 0 Å². The summed E-state index contributed by atoms with van der Waals surface area (Å²) in [7, 11) is 0. The van der Waals surface area contributed by atoms with Crippen molar-refractivity contribution in [2.45, 2.75) is 6.54 Å². The average Bonchev–Trinajstić information content (AvgIpc) is 3.27. The predicted molar refractivity (Wildman–Crippen MR) is 99.3 cm³/mol. The first-order chi connectivity index (χ1) is 12.7. The maximum absolute atomic E-state index is 13.0. The summed E-state index contributed by atoms with van der Waals surface area (Å²) in [4.78, 5) is 21.8. The average molecular weight is 406 g/mol. The molecular weight excluding hydrogens is 394 g/mol. The minimum Gasteiger partial charge on any atom is -0.300 e. The molecule has 0 N–H and O–H groups in total. The number of benzene rings is 2. The van der Waals surface area contributed by atoms with Gasteiger partial charge in [-0.1, -0.05) is 46.3 Å². The van der Waals surface area contributed by atoms with Crippen LogP contribution in [0.1, 0.15) is 21.7 Å².